The second-order valence-electron chi connectivity index (χ2n) is 6.75. The molecule has 0 atom stereocenters. The van der Waals surface area contributed by atoms with Crippen LogP contribution in [0.3, 0.4) is 0 Å². The standard InChI is InChI=1S/C21H19F3N6/c1-4-30(5-2)21-15(20-26-28-29-27-20)13(12-9-7-6-8-10-12)14-16(22)11(3)17(23)18(24)19(14)25-21/h6-10H,4-5H2,1-3H3,(H,26,27,28,29). The molecule has 0 saturated carbocycles. The number of benzene rings is 2. The lowest BCUT2D eigenvalue weighted by molar-refractivity contribution is 0.495. The third kappa shape index (κ3) is 2.97. The van der Waals surface area contributed by atoms with Gasteiger partial charge in [-0.15, -0.1) is 10.2 Å². The summed E-state index contributed by atoms with van der Waals surface area (Å²) in [7, 11) is 0. The lowest BCUT2D eigenvalue weighted by Crippen LogP contribution is -2.24. The summed E-state index contributed by atoms with van der Waals surface area (Å²) >= 11 is 0. The van der Waals surface area contributed by atoms with Crippen LogP contribution in [0.5, 0.6) is 0 Å². The molecule has 2 aromatic heterocycles. The highest BCUT2D eigenvalue weighted by Crippen LogP contribution is 2.44. The van der Waals surface area contributed by atoms with Crippen LogP contribution in [0.25, 0.3) is 33.4 Å². The van der Waals surface area contributed by atoms with Crippen molar-refractivity contribution in [1.82, 2.24) is 25.6 Å². The predicted molar refractivity (Wildman–Crippen MR) is 109 cm³/mol. The van der Waals surface area contributed by atoms with E-state index in [1.807, 2.05) is 24.8 Å². The van der Waals surface area contributed by atoms with E-state index < -0.39 is 23.0 Å². The molecule has 2 aromatic carbocycles. The Hall–Kier alpha value is -3.49. The molecular formula is C21H19F3N6. The van der Waals surface area contributed by atoms with Crippen LogP contribution in [0.15, 0.2) is 30.3 Å². The molecule has 2 heterocycles. The maximum absolute atomic E-state index is 15.4. The van der Waals surface area contributed by atoms with Gasteiger partial charge in [0.05, 0.1) is 5.56 Å². The van der Waals surface area contributed by atoms with Gasteiger partial charge in [0.25, 0.3) is 0 Å². The number of nitrogens with one attached hydrogen (secondary N) is 1. The van der Waals surface area contributed by atoms with Crippen molar-refractivity contribution >= 4 is 16.7 Å². The smallest absolute Gasteiger partial charge is 0.209 e. The molecular weight excluding hydrogens is 393 g/mol. The Balaban J connectivity index is 2.29. The van der Waals surface area contributed by atoms with Gasteiger partial charge >= 0.3 is 0 Å². The Bertz CT molecular complexity index is 1210. The van der Waals surface area contributed by atoms with E-state index in [1.165, 1.54) is 6.92 Å². The summed E-state index contributed by atoms with van der Waals surface area (Å²) in [6, 6.07) is 8.90. The molecule has 154 valence electrons. The van der Waals surface area contributed by atoms with Crippen molar-refractivity contribution in [3.05, 3.63) is 53.3 Å². The minimum absolute atomic E-state index is 0.117. The van der Waals surface area contributed by atoms with Crippen molar-refractivity contribution in [1.29, 1.82) is 0 Å². The highest BCUT2D eigenvalue weighted by molar-refractivity contribution is 6.06. The first-order valence-corrected chi connectivity index (χ1v) is 9.54. The molecule has 4 rings (SSSR count). The summed E-state index contributed by atoms with van der Waals surface area (Å²) in [5.74, 6) is -2.79. The van der Waals surface area contributed by atoms with E-state index in [9.17, 15) is 8.78 Å². The van der Waals surface area contributed by atoms with Crippen LogP contribution >= 0.6 is 0 Å². The highest BCUT2D eigenvalue weighted by atomic mass is 19.2. The van der Waals surface area contributed by atoms with E-state index in [0.29, 0.717) is 35.6 Å². The largest absolute Gasteiger partial charge is 0.357 e. The van der Waals surface area contributed by atoms with Crippen LogP contribution in [-0.4, -0.2) is 38.7 Å². The molecule has 4 aromatic rings. The minimum atomic E-state index is -1.25. The molecule has 0 radical (unpaired) electrons. The number of aromatic amines is 1. The summed E-state index contributed by atoms with van der Waals surface area (Å²) in [5.41, 5.74) is 0.554. The molecule has 0 bridgehead atoms. The zero-order valence-corrected chi connectivity index (χ0v) is 16.7. The molecule has 0 fully saturated rings. The fourth-order valence-corrected chi connectivity index (χ4v) is 3.62. The summed E-state index contributed by atoms with van der Waals surface area (Å²) < 4.78 is 44.8. The topological polar surface area (TPSA) is 70.6 Å². The number of anilines is 1. The van der Waals surface area contributed by atoms with E-state index in [0.717, 1.165) is 0 Å². The number of fused-ring (bicyclic) bond motifs is 1. The van der Waals surface area contributed by atoms with E-state index in [2.05, 4.69) is 25.6 Å². The van der Waals surface area contributed by atoms with Gasteiger partial charge in [-0.1, -0.05) is 30.3 Å². The fraction of sp³-hybridized carbons (Fsp3) is 0.238. The molecule has 9 heteroatoms. The van der Waals surface area contributed by atoms with Gasteiger partial charge in [-0.05, 0) is 31.5 Å². The van der Waals surface area contributed by atoms with E-state index in [1.54, 1.807) is 24.3 Å². The molecule has 0 amide bonds. The Morgan fingerprint density at radius 1 is 0.933 bits per heavy atom. The molecule has 30 heavy (non-hydrogen) atoms. The van der Waals surface area contributed by atoms with Crippen LogP contribution in [0.2, 0.25) is 0 Å². The number of hydrogen-bond donors (Lipinski definition) is 1. The number of hydrogen-bond acceptors (Lipinski definition) is 5. The van der Waals surface area contributed by atoms with Crippen LogP contribution in [0.1, 0.15) is 19.4 Å². The van der Waals surface area contributed by atoms with Crippen LogP contribution in [-0.2, 0) is 0 Å². The summed E-state index contributed by atoms with van der Waals surface area (Å²) in [6.45, 7) is 6.09. The summed E-state index contributed by atoms with van der Waals surface area (Å²) in [5, 5.41) is 14.1. The molecule has 6 nitrogen and oxygen atoms in total. The summed E-state index contributed by atoms with van der Waals surface area (Å²) in [6.07, 6.45) is 0. The monoisotopic (exact) mass is 412 g/mol. The maximum Gasteiger partial charge on any atom is 0.209 e. The zero-order chi connectivity index (χ0) is 21.4. The Morgan fingerprint density at radius 3 is 2.23 bits per heavy atom. The number of tetrazole rings is 1. The molecule has 1 N–H and O–H groups in total. The van der Waals surface area contributed by atoms with Gasteiger partial charge in [0, 0.05) is 29.6 Å². The first-order chi connectivity index (χ1) is 14.5. The van der Waals surface area contributed by atoms with Crippen molar-refractivity contribution < 1.29 is 13.2 Å². The average molecular weight is 412 g/mol. The molecule has 0 aliphatic heterocycles. The van der Waals surface area contributed by atoms with Gasteiger partial charge in [-0.25, -0.2) is 18.2 Å². The second kappa shape index (κ2) is 7.74. The van der Waals surface area contributed by atoms with Crippen LogP contribution in [0.4, 0.5) is 19.0 Å². The first kappa shape index (κ1) is 19.8. The van der Waals surface area contributed by atoms with E-state index in [4.69, 9.17) is 0 Å². The van der Waals surface area contributed by atoms with Gasteiger partial charge < -0.3 is 4.90 Å². The molecule has 0 aliphatic carbocycles. The fourth-order valence-electron chi connectivity index (χ4n) is 3.62. The van der Waals surface area contributed by atoms with Crippen molar-refractivity contribution in [2.45, 2.75) is 20.8 Å². The third-order valence-corrected chi connectivity index (χ3v) is 5.15. The number of pyridine rings is 1. The number of aromatic nitrogens is 5. The second-order valence-corrected chi connectivity index (χ2v) is 6.75. The van der Waals surface area contributed by atoms with Crippen molar-refractivity contribution in [2.24, 2.45) is 0 Å². The Labute approximate surface area is 170 Å². The number of H-pyrrole nitrogens is 1. The van der Waals surface area contributed by atoms with Gasteiger partial charge in [0.15, 0.2) is 11.6 Å². The van der Waals surface area contributed by atoms with Crippen LogP contribution < -0.4 is 4.90 Å². The summed E-state index contributed by atoms with van der Waals surface area (Å²) in [4.78, 5) is 6.22. The molecule has 0 spiro atoms. The SMILES string of the molecule is CCN(CC)c1nc2c(F)c(F)c(C)c(F)c2c(-c2ccccc2)c1-c1nn[nH]n1. The van der Waals surface area contributed by atoms with Gasteiger partial charge in [0.1, 0.15) is 17.2 Å². The minimum Gasteiger partial charge on any atom is -0.357 e. The highest BCUT2D eigenvalue weighted by Gasteiger charge is 2.29. The lowest BCUT2D eigenvalue weighted by Gasteiger charge is -2.25. The normalized spacial score (nSPS) is 11.3. The Kier molecular flexibility index (Phi) is 5.11. The van der Waals surface area contributed by atoms with E-state index in [-0.39, 0.29) is 16.7 Å². The van der Waals surface area contributed by atoms with Crippen molar-refractivity contribution in [3.8, 4) is 22.5 Å². The van der Waals surface area contributed by atoms with Crippen molar-refractivity contribution in [3.63, 3.8) is 0 Å². The molecule has 0 aliphatic rings. The first-order valence-electron chi connectivity index (χ1n) is 9.54. The van der Waals surface area contributed by atoms with Crippen LogP contribution in [0, 0.1) is 24.4 Å². The molecule has 0 unspecified atom stereocenters. The number of nitrogens with zero attached hydrogens (tertiary/aromatic N) is 5. The number of halogens is 3. The van der Waals surface area contributed by atoms with Gasteiger partial charge in [-0.2, -0.15) is 5.21 Å². The van der Waals surface area contributed by atoms with Gasteiger partial charge in [-0.3, -0.25) is 0 Å². The molecule has 0 saturated heterocycles. The average Bonchev–Trinajstić information content (AvgIpc) is 3.31. The lowest BCUT2D eigenvalue weighted by atomic mass is 9.93. The third-order valence-electron chi connectivity index (χ3n) is 5.15. The van der Waals surface area contributed by atoms with E-state index >= 15 is 4.39 Å². The number of rotatable bonds is 5. The quantitative estimate of drug-likeness (QED) is 0.483. The van der Waals surface area contributed by atoms with Gasteiger partial charge in [0.2, 0.25) is 5.82 Å². The Morgan fingerprint density at radius 2 is 1.63 bits per heavy atom. The maximum atomic E-state index is 15.4. The van der Waals surface area contributed by atoms with Crippen molar-refractivity contribution in [2.75, 3.05) is 18.0 Å². The predicted octanol–water partition coefficient (Wildman–Crippen LogP) is 4.65. The zero-order valence-electron chi connectivity index (χ0n) is 16.7.